The number of benzene rings is 3. The van der Waals surface area contributed by atoms with Gasteiger partial charge >= 0.3 is 5.97 Å². The maximum Gasteiger partial charge on any atom is 0.335 e. The summed E-state index contributed by atoms with van der Waals surface area (Å²) in [5, 5.41) is 10.8. The Morgan fingerprint density at radius 2 is 1.35 bits per heavy atom. The summed E-state index contributed by atoms with van der Waals surface area (Å²) in [6.07, 6.45) is -0.961. The maximum atomic E-state index is 13.4. The predicted molar refractivity (Wildman–Crippen MR) is 112 cm³/mol. The molecular weight excluding hydrogens is 396 g/mol. The molecule has 154 valence electrons. The number of hydroxylamine groups is 1. The summed E-state index contributed by atoms with van der Waals surface area (Å²) in [6, 6.07) is 23.7. The molecule has 0 bridgehead atoms. The number of amides is 2. The average molecular weight is 414 g/mol. The van der Waals surface area contributed by atoms with Gasteiger partial charge < -0.3 is 5.11 Å². The number of aromatic carboxylic acids is 1. The van der Waals surface area contributed by atoms with Crippen LogP contribution >= 0.6 is 0 Å². The minimum atomic E-state index is -1.03. The Balaban J connectivity index is 1.58. The third kappa shape index (κ3) is 3.06. The molecule has 0 saturated carbocycles. The van der Waals surface area contributed by atoms with Gasteiger partial charge in [0.25, 0.3) is 5.91 Å². The Labute approximate surface area is 178 Å². The fourth-order valence-electron chi connectivity index (χ4n) is 4.21. The van der Waals surface area contributed by atoms with Gasteiger partial charge in [0.05, 0.1) is 23.0 Å². The van der Waals surface area contributed by atoms with E-state index in [0.717, 1.165) is 0 Å². The Kier molecular flexibility index (Phi) is 4.52. The van der Waals surface area contributed by atoms with Crippen molar-refractivity contribution >= 4 is 29.2 Å². The number of carbonyl (C=O) groups excluding carboxylic acids is 2. The summed E-state index contributed by atoms with van der Waals surface area (Å²) in [5.74, 6) is -2.54. The summed E-state index contributed by atoms with van der Waals surface area (Å²) in [4.78, 5) is 45.1. The number of imide groups is 1. The molecular formula is C24H18N2O5. The molecule has 0 spiro atoms. The van der Waals surface area contributed by atoms with Gasteiger partial charge in [0.15, 0.2) is 6.10 Å². The van der Waals surface area contributed by atoms with Crippen molar-refractivity contribution in [3.8, 4) is 0 Å². The first-order chi connectivity index (χ1) is 15.1. The number of carbonyl (C=O) groups is 3. The zero-order chi connectivity index (χ0) is 21.5. The van der Waals surface area contributed by atoms with E-state index in [9.17, 15) is 19.5 Å². The van der Waals surface area contributed by atoms with E-state index in [1.165, 1.54) is 17.0 Å². The van der Waals surface area contributed by atoms with Crippen molar-refractivity contribution in [2.45, 2.75) is 12.1 Å². The van der Waals surface area contributed by atoms with Crippen molar-refractivity contribution in [1.82, 2.24) is 0 Å². The highest BCUT2D eigenvalue weighted by Crippen LogP contribution is 2.47. The molecule has 0 aromatic heterocycles. The molecule has 3 aromatic rings. The van der Waals surface area contributed by atoms with Gasteiger partial charge in [-0.1, -0.05) is 48.5 Å². The van der Waals surface area contributed by atoms with E-state index < -0.39 is 29.9 Å². The van der Waals surface area contributed by atoms with E-state index >= 15 is 0 Å². The highest BCUT2D eigenvalue weighted by atomic mass is 16.7. The molecule has 2 saturated heterocycles. The standard InChI is InChI=1S/C24H18N2O5/c27-22-19-20(15-11-13-16(14-12-15)24(29)30)26(18-9-5-2-6-10-18)31-21(19)23(28)25(22)17-7-3-1-4-8-17/h1-14,19-21H,(H,29,30)/t19-,20+,21-/m1/s1. The zero-order valence-corrected chi connectivity index (χ0v) is 16.3. The lowest BCUT2D eigenvalue weighted by Gasteiger charge is -2.28. The van der Waals surface area contributed by atoms with E-state index in [2.05, 4.69) is 0 Å². The highest BCUT2D eigenvalue weighted by molar-refractivity contribution is 6.23. The summed E-state index contributed by atoms with van der Waals surface area (Å²) >= 11 is 0. The Morgan fingerprint density at radius 3 is 1.94 bits per heavy atom. The molecule has 0 radical (unpaired) electrons. The molecule has 0 unspecified atom stereocenters. The number of nitrogens with zero attached hydrogens (tertiary/aromatic N) is 2. The van der Waals surface area contributed by atoms with Crippen LogP contribution in [0.2, 0.25) is 0 Å². The van der Waals surface area contributed by atoms with Crippen LogP contribution in [0, 0.1) is 5.92 Å². The average Bonchev–Trinajstić information content (AvgIpc) is 3.31. The van der Waals surface area contributed by atoms with Gasteiger partial charge in [-0.25, -0.2) is 14.8 Å². The molecule has 3 aromatic carbocycles. The van der Waals surface area contributed by atoms with Crippen molar-refractivity contribution in [1.29, 1.82) is 0 Å². The number of carboxylic acid groups (broad SMARTS) is 1. The molecule has 7 heteroatoms. The van der Waals surface area contributed by atoms with Crippen molar-refractivity contribution in [3.05, 3.63) is 96.1 Å². The van der Waals surface area contributed by atoms with E-state index in [4.69, 9.17) is 4.84 Å². The molecule has 1 N–H and O–H groups in total. The van der Waals surface area contributed by atoms with Gasteiger partial charge in [-0.3, -0.25) is 14.4 Å². The van der Waals surface area contributed by atoms with Crippen molar-refractivity contribution < 1.29 is 24.3 Å². The maximum absolute atomic E-state index is 13.4. The smallest absolute Gasteiger partial charge is 0.335 e. The van der Waals surface area contributed by atoms with Crippen LogP contribution in [0.15, 0.2) is 84.9 Å². The zero-order valence-electron chi connectivity index (χ0n) is 16.3. The lowest BCUT2D eigenvalue weighted by atomic mass is 9.90. The van der Waals surface area contributed by atoms with Crippen molar-refractivity contribution in [2.75, 3.05) is 9.96 Å². The van der Waals surface area contributed by atoms with E-state index in [1.54, 1.807) is 41.5 Å². The van der Waals surface area contributed by atoms with Crippen LogP contribution in [-0.4, -0.2) is 29.0 Å². The number of anilines is 2. The van der Waals surface area contributed by atoms with Gasteiger partial charge in [-0.15, -0.1) is 0 Å². The van der Waals surface area contributed by atoms with Crippen LogP contribution in [0.25, 0.3) is 0 Å². The van der Waals surface area contributed by atoms with Crippen LogP contribution < -0.4 is 9.96 Å². The first-order valence-electron chi connectivity index (χ1n) is 9.83. The predicted octanol–water partition coefficient (Wildman–Crippen LogP) is 3.44. The third-order valence-electron chi connectivity index (χ3n) is 5.64. The molecule has 2 fully saturated rings. The lowest BCUT2D eigenvalue weighted by molar-refractivity contribution is -0.126. The topological polar surface area (TPSA) is 87.2 Å². The number of rotatable bonds is 4. The van der Waals surface area contributed by atoms with E-state index in [0.29, 0.717) is 16.9 Å². The summed E-state index contributed by atoms with van der Waals surface area (Å²) < 4.78 is 0. The monoisotopic (exact) mass is 414 g/mol. The first kappa shape index (κ1) is 19.0. The fourth-order valence-corrected chi connectivity index (χ4v) is 4.21. The number of para-hydroxylation sites is 2. The SMILES string of the molecule is O=C(O)c1ccc([C@H]2[C@H]3C(=O)N(c4ccccc4)C(=O)[C@@H]3ON2c2ccccc2)cc1. The lowest BCUT2D eigenvalue weighted by Crippen LogP contribution is -2.37. The fraction of sp³-hybridized carbons (Fsp3) is 0.125. The minimum absolute atomic E-state index is 0.144. The molecule has 2 aliphatic heterocycles. The van der Waals surface area contributed by atoms with E-state index in [1.807, 2.05) is 36.4 Å². The van der Waals surface area contributed by atoms with Crippen LogP contribution in [0.3, 0.4) is 0 Å². The quantitative estimate of drug-likeness (QED) is 0.658. The summed E-state index contributed by atoms with van der Waals surface area (Å²) in [6.45, 7) is 0. The normalized spacial score (nSPS) is 22.6. The molecule has 5 rings (SSSR count). The van der Waals surface area contributed by atoms with Crippen molar-refractivity contribution in [3.63, 3.8) is 0 Å². The first-order valence-corrected chi connectivity index (χ1v) is 9.83. The molecule has 2 aliphatic rings. The Morgan fingerprint density at radius 1 is 0.774 bits per heavy atom. The Bertz CT molecular complexity index is 1150. The van der Waals surface area contributed by atoms with Crippen LogP contribution in [0.5, 0.6) is 0 Å². The molecule has 31 heavy (non-hydrogen) atoms. The second-order valence-electron chi connectivity index (χ2n) is 7.43. The molecule has 2 amide bonds. The third-order valence-corrected chi connectivity index (χ3v) is 5.64. The second-order valence-corrected chi connectivity index (χ2v) is 7.43. The number of carboxylic acids is 1. The molecule has 7 nitrogen and oxygen atoms in total. The van der Waals surface area contributed by atoms with Gasteiger partial charge in [0.1, 0.15) is 5.92 Å². The van der Waals surface area contributed by atoms with Crippen molar-refractivity contribution in [2.24, 2.45) is 5.92 Å². The number of fused-ring (bicyclic) bond motifs is 1. The largest absolute Gasteiger partial charge is 0.478 e. The van der Waals surface area contributed by atoms with Gasteiger partial charge in [0, 0.05) is 0 Å². The van der Waals surface area contributed by atoms with Crippen LogP contribution in [0.1, 0.15) is 22.0 Å². The van der Waals surface area contributed by atoms with E-state index in [-0.39, 0.29) is 11.5 Å². The highest BCUT2D eigenvalue weighted by Gasteiger charge is 2.60. The second kappa shape index (κ2) is 7.37. The summed E-state index contributed by atoms with van der Waals surface area (Å²) in [5.41, 5.74) is 2.04. The summed E-state index contributed by atoms with van der Waals surface area (Å²) in [7, 11) is 0. The van der Waals surface area contributed by atoms with Gasteiger partial charge in [-0.05, 0) is 42.0 Å². The van der Waals surface area contributed by atoms with Crippen LogP contribution in [-0.2, 0) is 14.4 Å². The van der Waals surface area contributed by atoms with Gasteiger partial charge in [-0.2, -0.15) is 0 Å². The molecule has 3 atom stereocenters. The van der Waals surface area contributed by atoms with Gasteiger partial charge in [0.2, 0.25) is 5.91 Å². The number of hydrogen-bond donors (Lipinski definition) is 1. The minimum Gasteiger partial charge on any atom is -0.478 e. The Hall–Kier alpha value is -3.97. The number of hydrogen-bond acceptors (Lipinski definition) is 5. The molecule has 0 aliphatic carbocycles. The molecule has 2 heterocycles. The van der Waals surface area contributed by atoms with Crippen LogP contribution in [0.4, 0.5) is 11.4 Å².